The summed E-state index contributed by atoms with van der Waals surface area (Å²) < 4.78 is 2.28. The van der Waals surface area contributed by atoms with Crippen LogP contribution in [0.5, 0.6) is 0 Å². The van der Waals surface area contributed by atoms with Crippen LogP contribution in [0, 0.1) is 5.92 Å². The molecule has 3 atom stereocenters. The number of fused-ring (bicyclic) bond motifs is 1. The Morgan fingerprint density at radius 1 is 1.04 bits per heavy atom. The van der Waals surface area contributed by atoms with Crippen molar-refractivity contribution in [1.29, 1.82) is 0 Å². The fourth-order valence-electron chi connectivity index (χ4n) is 4.74. The molecule has 1 aliphatic carbocycles. The topological polar surface area (TPSA) is 77.0 Å². The molecule has 3 aliphatic rings. The summed E-state index contributed by atoms with van der Waals surface area (Å²) in [7, 11) is 0. The highest BCUT2D eigenvalue weighted by molar-refractivity contribution is 5.77. The van der Waals surface area contributed by atoms with Crippen LogP contribution in [0.3, 0.4) is 0 Å². The summed E-state index contributed by atoms with van der Waals surface area (Å²) in [5.41, 5.74) is 6.18. The summed E-state index contributed by atoms with van der Waals surface area (Å²) in [4.78, 5) is 15.1. The van der Waals surface area contributed by atoms with Crippen LogP contribution in [0.15, 0.2) is 0 Å². The van der Waals surface area contributed by atoms with E-state index < -0.39 is 0 Å². The largest absolute Gasteiger partial charge is 0.332 e. The van der Waals surface area contributed by atoms with E-state index >= 15 is 0 Å². The predicted octanol–water partition coefficient (Wildman–Crippen LogP) is 2.19. The Labute approximate surface area is 143 Å². The molecule has 6 nitrogen and oxygen atoms in total. The van der Waals surface area contributed by atoms with Crippen LogP contribution >= 0.6 is 0 Å². The van der Waals surface area contributed by atoms with Gasteiger partial charge in [-0.05, 0) is 50.9 Å². The van der Waals surface area contributed by atoms with E-state index in [0.717, 1.165) is 56.8 Å². The summed E-state index contributed by atoms with van der Waals surface area (Å²) in [6.45, 7) is 1.86. The molecule has 1 aromatic heterocycles. The van der Waals surface area contributed by atoms with E-state index in [-0.39, 0.29) is 18.0 Å². The number of rotatable bonds is 3. The van der Waals surface area contributed by atoms with Gasteiger partial charge in [0.2, 0.25) is 5.91 Å². The number of carbonyl (C=O) groups excluding carboxylic acids is 1. The van der Waals surface area contributed by atoms with E-state index in [0.29, 0.717) is 12.3 Å². The lowest BCUT2D eigenvalue weighted by Gasteiger charge is -2.36. The van der Waals surface area contributed by atoms with E-state index in [9.17, 15) is 4.79 Å². The number of nitrogens with two attached hydrogens (primary N) is 1. The van der Waals surface area contributed by atoms with Crippen molar-refractivity contribution in [2.45, 2.75) is 82.8 Å². The first-order valence-corrected chi connectivity index (χ1v) is 9.71. The minimum absolute atomic E-state index is 0.114. The molecule has 0 bridgehead atoms. The Morgan fingerprint density at radius 2 is 1.92 bits per heavy atom. The van der Waals surface area contributed by atoms with Crippen molar-refractivity contribution in [2.75, 3.05) is 6.54 Å². The highest BCUT2D eigenvalue weighted by atomic mass is 16.2. The average Bonchev–Trinajstić information content (AvgIpc) is 3.21. The lowest BCUT2D eigenvalue weighted by molar-refractivity contribution is -0.136. The Kier molecular flexibility index (Phi) is 4.57. The first-order chi connectivity index (χ1) is 11.7. The molecule has 1 unspecified atom stereocenters. The smallest absolute Gasteiger partial charge is 0.223 e. The van der Waals surface area contributed by atoms with Gasteiger partial charge in [-0.15, -0.1) is 10.2 Å². The number of hydrogen-bond donors (Lipinski definition) is 1. The number of nitrogens with zero attached hydrogens (tertiary/aromatic N) is 4. The molecule has 132 valence electrons. The van der Waals surface area contributed by atoms with Crippen LogP contribution in [0.1, 0.15) is 75.5 Å². The van der Waals surface area contributed by atoms with Crippen molar-refractivity contribution in [1.82, 2.24) is 19.7 Å². The Balaban J connectivity index is 1.52. The third-order valence-corrected chi connectivity index (χ3v) is 6.16. The molecule has 6 heteroatoms. The van der Waals surface area contributed by atoms with Gasteiger partial charge in [-0.3, -0.25) is 4.79 Å². The third kappa shape index (κ3) is 2.96. The minimum Gasteiger partial charge on any atom is -0.332 e. The molecule has 1 saturated heterocycles. The molecule has 0 spiro atoms. The van der Waals surface area contributed by atoms with Crippen LogP contribution in [0.25, 0.3) is 0 Å². The lowest BCUT2D eigenvalue weighted by Crippen LogP contribution is -2.41. The molecule has 0 aromatic carbocycles. The van der Waals surface area contributed by atoms with Gasteiger partial charge < -0.3 is 15.2 Å². The van der Waals surface area contributed by atoms with Crippen molar-refractivity contribution < 1.29 is 4.79 Å². The van der Waals surface area contributed by atoms with Gasteiger partial charge in [-0.25, -0.2) is 0 Å². The van der Waals surface area contributed by atoms with Gasteiger partial charge in [-0.1, -0.05) is 6.42 Å². The van der Waals surface area contributed by atoms with Gasteiger partial charge in [-0.2, -0.15) is 0 Å². The second-order valence-electron chi connectivity index (χ2n) is 7.74. The zero-order valence-electron chi connectivity index (χ0n) is 14.5. The van der Waals surface area contributed by atoms with Crippen LogP contribution in [-0.4, -0.2) is 38.2 Å². The normalized spacial score (nSPS) is 30.4. The quantitative estimate of drug-likeness (QED) is 0.921. The molecule has 1 amide bonds. The van der Waals surface area contributed by atoms with E-state index in [1.54, 1.807) is 0 Å². The van der Waals surface area contributed by atoms with Crippen LogP contribution < -0.4 is 5.73 Å². The van der Waals surface area contributed by atoms with Crippen molar-refractivity contribution in [3.05, 3.63) is 11.6 Å². The SMILES string of the molecule is N[C@@H]1CCC[C@H]1CC(=O)N1CCCCC1c1nnc2n1CCCC2. The number of likely N-dealkylation sites (tertiary alicyclic amines) is 1. The highest BCUT2D eigenvalue weighted by Crippen LogP contribution is 2.34. The summed E-state index contributed by atoms with van der Waals surface area (Å²) in [5.74, 6) is 2.77. The number of aromatic nitrogens is 3. The standard InChI is InChI=1S/C18H29N5O/c19-14-7-5-6-13(14)12-17(24)22-10-3-1-8-15(22)18-21-20-16-9-2-4-11-23(16)18/h13-15H,1-12,19H2/t13-,14+,15?/m0/s1. The van der Waals surface area contributed by atoms with Gasteiger partial charge in [0.25, 0.3) is 0 Å². The number of amides is 1. The first kappa shape index (κ1) is 16.1. The molecular weight excluding hydrogens is 302 g/mol. The number of aryl methyl sites for hydroxylation is 1. The number of carbonyl (C=O) groups is 1. The maximum absolute atomic E-state index is 13.0. The fourth-order valence-corrected chi connectivity index (χ4v) is 4.74. The molecule has 1 saturated carbocycles. The summed E-state index contributed by atoms with van der Waals surface area (Å²) >= 11 is 0. The Morgan fingerprint density at radius 3 is 2.75 bits per heavy atom. The van der Waals surface area contributed by atoms with Crippen molar-refractivity contribution in [2.24, 2.45) is 11.7 Å². The third-order valence-electron chi connectivity index (χ3n) is 6.16. The van der Waals surface area contributed by atoms with Crippen LogP contribution in [0.4, 0.5) is 0 Å². The Hall–Kier alpha value is -1.43. The average molecular weight is 331 g/mol. The fraction of sp³-hybridized carbons (Fsp3) is 0.833. The first-order valence-electron chi connectivity index (χ1n) is 9.71. The second-order valence-corrected chi connectivity index (χ2v) is 7.74. The predicted molar refractivity (Wildman–Crippen MR) is 91.2 cm³/mol. The molecule has 0 radical (unpaired) electrons. The van der Waals surface area contributed by atoms with Crippen LogP contribution in [-0.2, 0) is 17.8 Å². The van der Waals surface area contributed by atoms with Gasteiger partial charge in [0.15, 0.2) is 5.82 Å². The molecule has 2 fully saturated rings. The van der Waals surface area contributed by atoms with E-state index in [1.165, 1.54) is 25.7 Å². The molecule has 3 heterocycles. The molecule has 24 heavy (non-hydrogen) atoms. The number of hydrogen-bond acceptors (Lipinski definition) is 4. The van der Waals surface area contributed by atoms with Gasteiger partial charge in [0.1, 0.15) is 5.82 Å². The summed E-state index contributed by atoms with van der Waals surface area (Å²) in [6.07, 6.45) is 10.6. The van der Waals surface area contributed by atoms with Crippen molar-refractivity contribution >= 4 is 5.91 Å². The molecule has 2 N–H and O–H groups in total. The molecule has 4 rings (SSSR count). The molecular formula is C18H29N5O. The second kappa shape index (κ2) is 6.82. The number of piperidine rings is 1. The van der Waals surface area contributed by atoms with E-state index in [1.807, 2.05) is 0 Å². The minimum atomic E-state index is 0.114. The van der Waals surface area contributed by atoms with Crippen LogP contribution in [0.2, 0.25) is 0 Å². The van der Waals surface area contributed by atoms with E-state index in [4.69, 9.17) is 5.73 Å². The van der Waals surface area contributed by atoms with Gasteiger partial charge in [0, 0.05) is 32.0 Å². The maximum Gasteiger partial charge on any atom is 0.223 e. The monoisotopic (exact) mass is 331 g/mol. The zero-order chi connectivity index (χ0) is 16.5. The Bertz CT molecular complexity index is 598. The van der Waals surface area contributed by atoms with Gasteiger partial charge in [0.05, 0.1) is 6.04 Å². The van der Waals surface area contributed by atoms with Gasteiger partial charge >= 0.3 is 0 Å². The van der Waals surface area contributed by atoms with Crippen molar-refractivity contribution in [3.8, 4) is 0 Å². The zero-order valence-corrected chi connectivity index (χ0v) is 14.5. The summed E-state index contributed by atoms with van der Waals surface area (Å²) in [6, 6.07) is 0.321. The van der Waals surface area contributed by atoms with Crippen molar-refractivity contribution in [3.63, 3.8) is 0 Å². The van der Waals surface area contributed by atoms with E-state index in [2.05, 4.69) is 19.7 Å². The molecule has 1 aromatic rings. The summed E-state index contributed by atoms with van der Waals surface area (Å²) in [5, 5.41) is 8.89. The maximum atomic E-state index is 13.0. The molecule has 2 aliphatic heterocycles. The lowest BCUT2D eigenvalue weighted by atomic mass is 9.96. The highest BCUT2D eigenvalue weighted by Gasteiger charge is 2.35.